The van der Waals surface area contributed by atoms with Crippen LogP contribution in [0.1, 0.15) is 28.3 Å². The number of aryl methyl sites for hydroxylation is 2. The van der Waals surface area contributed by atoms with Crippen LogP contribution in [0.25, 0.3) is 0 Å². The molecule has 0 N–H and O–H groups in total. The summed E-state index contributed by atoms with van der Waals surface area (Å²) >= 11 is 0. The summed E-state index contributed by atoms with van der Waals surface area (Å²) < 4.78 is 0. The number of hydrogen-bond donors (Lipinski definition) is 0. The van der Waals surface area contributed by atoms with Crippen molar-refractivity contribution in [3.05, 3.63) is 69.0 Å². The first kappa shape index (κ1) is 13.7. The molecule has 0 spiro atoms. The van der Waals surface area contributed by atoms with E-state index in [9.17, 15) is 15.4 Å². The van der Waals surface area contributed by atoms with Gasteiger partial charge in [-0.25, -0.2) is 0 Å². The van der Waals surface area contributed by atoms with Crippen LogP contribution in [0.15, 0.2) is 36.5 Å². The standard InChI is InChI=1S/C15H13N3O2/c1-10-3-4-11(2)13(7-10)14(8-16)15-6-5-12(9-17-15)18(19)20/h3-7,9,14H,1-2H3. The predicted octanol–water partition coefficient (Wildman–Crippen LogP) is 3.26. The monoisotopic (exact) mass is 267 g/mol. The second-order valence-electron chi connectivity index (χ2n) is 4.62. The molecule has 5 heteroatoms. The molecular formula is C15H13N3O2. The summed E-state index contributed by atoms with van der Waals surface area (Å²) in [7, 11) is 0. The molecule has 0 aliphatic heterocycles. The van der Waals surface area contributed by atoms with Crippen LogP contribution >= 0.6 is 0 Å². The Kier molecular flexibility index (Phi) is 3.76. The van der Waals surface area contributed by atoms with Gasteiger partial charge in [-0.1, -0.05) is 23.8 Å². The Bertz CT molecular complexity index is 687. The molecule has 0 saturated carbocycles. The first-order chi connectivity index (χ1) is 9.52. The van der Waals surface area contributed by atoms with E-state index in [1.807, 2.05) is 32.0 Å². The van der Waals surface area contributed by atoms with Crippen molar-refractivity contribution < 1.29 is 4.92 Å². The summed E-state index contributed by atoms with van der Waals surface area (Å²) in [6, 6.07) is 11.0. The maximum Gasteiger partial charge on any atom is 0.287 e. The number of nitrogens with zero attached hydrogens (tertiary/aromatic N) is 3. The highest BCUT2D eigenvalue weighted by atomic mass is 16.6. The molecule has 5 nitrogen and oxygen atoms in total. The van der Waals surface area contributed by atoms with Crippen LogP contribution in [0, 0.1) is 35.3 Å². The Morgan fingerprint density at radius 3 is 2.60 bits per heavy atom. The summed E-state index contributed by atoms with van der Waals surface area (Å²) in [6.45, 7) is 3.89. The van der Waals surface area contributed by atoms with E-state index < -0.39 is 10.8 Å². The Balaban J connectivity index is 2.45. The van der Waals surface area contributed by atoms with Crippen LogP contribution in [0.4, 0.5) is 5.69 Å². The van der Waals surface area contributed by atoms with E-state index in [4.69, 9.17) is 0 Å². The van der Waals surface area contributed by atoms with Crippen LogP contribution in [0.5, 0.6) is 0 Å². The molecule has 1 unspecified atom stereocenters. The van der Waals surface area contributed by atoms with E-state index in [1.54, 1.807) is 0 Å². The predicted molar refractivity (Wildman–Crippen MR) is 74.3 cm³/mol. The van der Waals surface area contributed by atoms with E-state index in [0.717, 1.165) is 16.7 Å². The van der Waals surface area contributed by atoms with Gasteiger partial charge in [-0.05, 0) is 31.0 Å². The van der Waals surface area contributed by atoms with Crippen molar-refractivity contribution in [3.63, 3.8) is 0 Å². The minimum atomic E-state index is -0.518. The van der Waals surface area contributed by atoms with E-state index in [1.165, 1.54) is 18.3 Å². The number of aromatic nitrogens is 1. The van der Waals surface area contributed by atoms with Crippen molar-refractivity contribution in [1.82, 2.24) is 4.98 Å². The summed E-state index contributed by atoms with van der Waals surface area (Å²) in [4.78, 5) is 14.2. The highest BCUT2D eigenvalue weighted by Crippen LogP contribution is 2.27. The molecule has 1 aromatic carbocycles. The average Bonchev–Trinajstić information content (AvgIpc) is 2.44. The molecule has 0 fully saturated rings. The quantitative estimate of drug-likeness (QED) is 0.631. The molecule has 0 aliphatic rings. The highest BCUT2D eigenvalue weighted by Gasteiger charge is 2.18. The number of nitriles is 1. The Morgan fingerprint density at radius 2 is 2.05 bits per heavy atom. The van der Waals surface area contributed by atoms with Crippen molar-refractivity contribution in [1.29, 1.82) is 5.26 Å². The minimum absolute atomic E-state index is 0.0774. The summed E-state index contributed by atoms with van der Waals surface area (Å²) in [5.41, 5.74) is 3.39. The van der Waals surface area contributed by atoms with E-state index in [0.29, 0.717) is 5.69 Å². The lowest BCUT2D eigenvalue weighted by molar-refractivity contribution is -0.385. The molecule has 20 heavy (non-hydrogen) atoms. The fraction of sp³-hybridized carbons (Fsp3) is 0.200. The third-order valence-corrected chi connectivity index (χ3v) is 3.15. The van der Waals surface area contributed by atoms with Crippen molar-refractivity contribution >= 4 is 5.69 Å². The molecule has 100 valence electrons. The van der Waals surface area contributed by atoms with E-state index >= 15 is 0 Å². The number of rotatable bonds is 3. The van der Waals surface area contributed by atoms with Gasteiger partial charge in [-0.3, -0.25) is 15.1 Å². The number of benzene rings is 1. The fourth-order valence-electron chi connectivity index (χ4n) is 2.04. The van der Waals surface area contributed by atoms with Crippen LogP contribution < -0.4 is 0 Å². The minimum Gasteiger partial charge on any atom is -0.258 e. The Labute approximate surface area is 116 Å². The van der Waals surface area contributed by atoms with Crippen molar-refractivity contribution in [3.8, 4) is 6.07 Å². The number of hydrogen-bond acceptors (Lipinski definition) is 4. The molecule has 2 aromatic rings. The molecule has 0 saturated heterocycles. The van der Waals surface area contributed by atoms with Gasteiger partial charge in [0.1, 0.15) is 12.1 Å². The second kappa shape index (κ2) is 5.49. The van der Waals surface area contributed by atoms with E-state index in [-0.39, 0.29) is 5.69 Å². The van der Waals surface area contributed by atoms with Gasteiger partial charge in [0.05, 0.1) is 16.7 Å². The molecule has 0 radical (unpaired) electrons. The SMILES string of the molecule is Cc1ccc(C)c(C(C#N)c2ccc([N+](=O)[O-])cn2)c1. The Hall–Kier alpha value is -2.74. The zero-order chi connectivity index (χ0) is 14.7. The third kappa shape index (κ3) is 2.64. The summed E-state index contributed by atoms with van der Waals surface area (Å²) in [5.74, 6) is -0.518. The molecule has 0 amide bonds. The van der Waals surface area contributed by atoms with Gasteiger partial charge in [-0.15, -0.1) is 0 Å². The van der Waals surface area contributed by atoms with Crippen molar-refractivity contribution in [2.45, 2.75) is 19.8 Å². The highest BCUT2D eigenvalue weighted by molar-refractivity contribution is 5.42. The Morgan fingerprint density at radius 1 is 1.30 bits per heavy atom. The second-order valence-corrected chi connectivity index (χ2v) is 4.62. The van der Waals surface area contributed by atoms with Gasteiger partial charge < -0.3 is 0 Å². The number of nitro groups is 1. The van der Waals surface area contributed by atoms with Gasteiger partial charge >= 0.3 is 0 Å². The summed E-state index contributed by atoms with van der Waals surface area (Å²) in [5, 5.41) is 20.0. The van der Waals surface area contributed by atoms with Gasteiger partial charge in [-0.2, -0.15) is 5.26 Å². The first-order valence-electron chi connectivity index (χ1n) is 6.10. The average molecular weight is 267 g/mol. The zero-order valence-corrected chi connectivity index (χ0v) is 11.2. The molecular weight excluding hydrogens is 254 g/mol. The van der Waals surface area contributed by atoms with Gasteiger partial charge in [0, 0.05) is 6.07 Å². The lowest BCUT2D eigenvalue weighted by Gasteiger charge is -2.12. The van der Waals surface area contributed by atoms with Crippen LogP contribution in [-0.4, -0.2) is 9.91 Å². The lowest BCUT2D eigenvalue weighted by Crippen LogP contribution is -2.04. The van der Waals surface area contributed by atoms with Crippen molar-refractivity contribution in [2.75, 3.05) is 0 Å². The lowest BCUT2D eigenvalue weighted by atomic mass is 9.91. The smallest absolute Gasteiger partial charge is 0.258 e. The first-order valence-corrected chi connectivity index (χ1v) is 6.10. The van der Waals surface area contributed by atoms with Crippen LogP contribution in [-0.2, 0) is 0 Å². The maximum atomic E-state index is 10.6. The molecule has 1 aromatic heterocycles. The zero-order valence-electron chi connectivity index (χ0n) is 11.2. The van der Waals surface area contributed by atoms with Crippen LogP contribution in [0.3, 0.4) is 0 Å². The van der Waals surface area contributed by atoms with Gasteiger partial charge in [0.2, 0.25) is 0 Å². The third-order valence-electron chi connectivity index (χ3n) is 3.15. The van der Waals surface area contributed by atoms with Crippen molar-refractivity contribution in [2.24, 2.45) is 0 Å². The molecule has 1 atom stereocenters. The maximum absolute atomic E-state index is 10.6. The molecule has 0 bridgehead atoms. The normalized spacial score (nSPS) is 11.7. The van der Waals surface area contributed by atoms with Crippen LogP contribution in [0.2, 0.25) is 0 Å². The molecule has 2 rings (SSSR count). The van der Waals surface area contributed by atoms with Gasteiger partial charge in [0.25, 0.3) is 5.69 Å². The fourth-order valence-corrected chi connectivity index (χ4v) is 2.04. The molecule has 1 heterocycles. The molecule has 0 aliphatic carbocycles. The number of pyridine rings is 1. The van der Waals surface area contributed by atoms with E-state index in [2.05, 4.69) is 11.1 Å². The topological polar surface area (TPSA) is 79.8 Å². The largest absolute Gasteiger partial charge is 0.287 e. The summed E-state index contributed by atoms with van der Waals surface area (Å²) in [6.07, 6.45) is 1.19. The van der Waals surface area contributed by atoms with Gasteiger partial charge in [0.15, 0.2) is 0 Å².